The number of ether oxygens (including phenoxy) is 1. The molecule has 7 nitrogen and oxygen atoms in total. The first-order valence-electron chi connectivity index (χ1n) is 12.1. The highest BCUT2D eigenvalue weighted by Gasteiger charge is 2.26. The lowest BCUT2D eigenvalue weighted by Gasteiger charge is -2.31. The predicted octanol–water partition coefficient (Wildman–Crippen LogP) is 4.26. The van der Waals surface area contributed by atoms with E-state index in [-0.39, 0.29) is 17.7 Å². The Kier molecular flexibility index (Phi) is 8.46. The summed E-state index contributed by atoms with van der Waals surface area (Å²) < 4.78 is 5.60. The van der Waals surface area contributed by atoms with Gasteiger partial charge >= 0.3 is 0 Å². The fourth-order valence-corrected chi connectivity index (χ4v) is 4.32. The van der Waals surface area contributed by atoms with Crippen molar-refractivity contribution in [1.82, 2.24) is 15.2 Å². The summed E-state index contributed by atoms with van der Waals surface area (Å²) in [6, 6.07) is 19.0. The van der Waals surface area contributed by atoms with Crippen molar-refractivity contribution >= 4 is 17.5 Å². The van der Waals surface area contributed by atoms with Crippen molar-refractivity contribution in [2.24, 2.45) is 5.92 Å². The molecule has 2 aromatic carbocycles. The van der Waals surface area contributed by atoms with Gasteiger partial charge < -0.3 is 15.4 Å². The highest BCUT2D eigenvalue weighted by molar-refractivity contribution is 6.04. The number of carbonyl (C=O) groups excluding carboxylic acids is 2. The molecular formula is C28H32N4O3. The Balaban J connectivity index is 1.29. The van der Waals surface area contributed by atoms with Gasteiger partial charge in [-0.25, -0.2) is 0 Å². The average molecular weight is 473 g/mol. The molecule has 3 aromatic rings. The van der Waals surface area contributed by atoms with Gasteiger partial charge in [0, 0.05) is 31.4 Å². The van der Waals surface area contributed by atoms with Gasteiger partial charge in [0.15, 0.2) is 0 Å². The number of rotatable bonds is 9. The number of carbonyl (C=O) groups is 2. The van der Waals surface area contributed by atoms with Crippen molar-refractivity contribution in [3.63, 3.8) is 0 Å². The number of hydrogen-bond donors (Lipinski definition) is 2. The third kappa shape index (κ3) is 6.90. The van der Waals surface area contributed by atoms with Gasteiger partial charge in [-0.05, 0) is 74.3 Å². The number of anilines is 1. The summed E-state index contributed by atoms with van der Waals surface area (Å²) >= 11 is 0. The van der Waals surface area contributed by atoms with Crippen molar-refractivity contribution < 1.29 is 14.3 Å². The molecule has 0 atom stereocenters. The lowest BCUT2D eigenvalue weighted by atomic mass is 9.95. The normalized spacial score (nSPS) is 14.3. The second-order valence-electron chi connectivity index (χ2n) is 8.71. The molecular weight excluding hydrogens is 440 g/mol. The number of para-hydroxylation sites is 1. The molecule has 7 heteroatoms. The Bertz CT molecular complexity index is 1130. The summed E-state index contributed by atoms with van der Waals surface area (Å²) in [5.74, 6) is 0.555. The smallest absolute Gasteiger partial charge is 0.253 e. The van der Waals surface area contributed by atoms with E-state index in [1.165, 1.54) is 5.56 Å². The van der Waals surface area contributed by atoms with Crippen molar-refractivity contribution in [3.05, 3.63) is 89.7 Å². The van der Waals surface area contributed by atoms with E-state index in [1.54, 1.807) is 30.6 Å². The standard InChI is InChI=1S/C28H32N4O3/c1-2-35-24-9-5-7-21(17-24)20-32-15-12-23(13-16-32)27(33)31-26-11-4-3-10-25(26)28(34)30-19-22-8-6-14-29-18-22/h3-11,14,17-18,23H,2,12-13,15-16,19-20H2,1H3,(H,30,34)(H,31,33). The zero-order valence-corrected chi connectivity index (χ0v) is 20.1. The maximum Gasteiger partial charge on any atom is 0.253 e. The lowest BCUT2D eigenvalue weighted by Crippen LogP contribution is -2.38. The van der Waals surface area contributed by atoms with E-state index >= 15 is 0 Å². The molecule has 1 aromatic heterocycles. The fraction of sp³-hybridized carbons (Fsp3) is 0.321. The maximum atomic E-state index is 13.0. The minimum Gasteiger partial charge on any atom is -0.494 e. The summed E-state index contributed by atoms with van der Waals surface area (Å²) in [6.07, 6.45) is 4.98. The maximum absolute atomic E-state index is 13.0. The van der Waals surface area contributed by atoms with E-state index < -0.39 is 0 Å². The molecule has 2 N–H and O–H groups in total. The van der Waals surface area contributed by atoms with E-state index in [1.807, 2.05) is 37.3 Å². The molecule has 1 fully saturated rings. The van der Waals surface area contributed by atoms with Crippen molar-refractivity contribution in [2.45, 2.75) is 32.9 Å². The zero-order chi connectivity index (χ0) is 24.5. The monoisotopic (exact) mass is 472 g/mol. The van der Waals surface area contributed by atoms with Crippen LogP contribution < -0.4 is 15.4 Å². The van der Waals surface area contributed by atoms with Crippen LogP contribution in [0, 0.1) is 5.92 Å². The summed E-state index contributed by atoms with van der Waals surface area (Å²) in [6.45, 7) is 5.56. The van der Waals surface area contributed by atoms with Gasteiger partial charge in [0.05, 0.1) is 17.9 Å². The van der Waals surface area contributed by atoms with Crippen LogP contribution >= 0.6 is 0 Å². The Hall–Kier alpha value is -3.71. The molecule has 2 heterocycles. The number of amides is 2. The van der Waals surface area contributed by atoms with E-state index in [0.29, 0.717) is 24.4 Å². The molecule has 2 amide bonds. The van der Waals surface area contributed by atoms with Crippen molar-refractivity contribution in [3.8, 4) is 5.75 Å². The minimum atomic E-state index is -0.228. The topological polar surface area (TPSA) is 83.6 Å². The number of pyridine rings is 1. The van der Waals surface area contributed by atoms with Crippen LogP contribution in [-0.4, -0.2) is 41.4 Å². The lowest BCUT2D eigenvalue weighted by molar-refractivity contribution is -0.121. The van der Waals surface area contributed by atoms with Crippen LogP contribution in [0.2, 0.25) is 0 Å². The Morgan fingerprint density at radius 2 is 1.83 bits per heavy atom. The summed E-state index contributed by atoms with van der Waals surface area (Å²) in [5.41, 5.74) is 3.12. The van der Waals surface area contributed by atoms with E-state index in [4.69, 9.17) is 4.74 Å². The molecule has 0 saturated carbocycles. The summed E-state index contributed by atoms with van der Waals surface area (Å²) in [7, 11) is 0. The summed E-state index contributed by atoms with van der Waals surface area (Å²) in [4.78, 5) is 32.2. The number of piperidine rings is 1. The number of nitrogens with zero attached hydrogens (tertiary/aromatic N) is 2. The quantitative estimate of drug-likeness (QED) is 0.486. The molecule has 0 spiro atoms. The molecule has 0 aliphatic carbocycles. The third-order valence-corrected chi connectivity index (χ3v) is 6.18. The second-order valence-corrected chi connectivity index (χ2v) is 8.71. The van der Waals surface area contributed by atoms with Crippen LogP contribution in [0.4, 0.5) is 5.69 Å². The van der Waals surface area contributed by atoms with E-state index in [0.717, 1.165) is 43.8 Å². The Labute approximate surface area is 206 Å². The van der Waals surface area contributed by atoms with E-state index in [2.05, 4.69) is 32.7 Å². The van der Waals surface area contributed by atoms with Gasteiger partial charge in [-0.3, -0.25) is 19.5 Å². The van der Waals surface area contributed by atoms with E-state index in [9.17, 15) is 9.59 Å². The van der Waals surface area contributed by atoms with Crippen molar-refractivity contribution in [2.75, 3.05) is 25.0 Å². The molecule has 0 bridgehead atoms. The van der Waals surface area contributed by atoms with Crippen LogP contribution in [0.15, 0.2) is 73.1 Å². The SMILES string of the molecule is CCOc1cccc(CN2CCC(C(=O)Nc3ccccc3C(=O)NCc3cccnc3)CC2)c1. The average Bonchev–Trinajstić information content (AvgIpc) is 2.89. The first kappa shape index (κ1) is 24.4. The highest BCUT2D eigenvalue weighted by Crippen LogP contribution is 2.23. The number of hydrogen-bond acceptors (Lipinski definition) is 5. The summed E-state index contributed by atoms with van der Waals surface area (Å²) in [5, 5.41) is 5.90. The van der Waals surface area contributed by atoms with Crippen LogP contribution in [0.25, 0.3) is 0 Å². The van der Waals surface area contributed by atoms with Crippen LogP contribution in [-0.2, 0) is 17.9 Å². The third-order valence-electron chi connectivity index (χ3n) is 6.18. The van der Waals surface area contributed by atoms with Gasteiger partial charge in [0.1, 0.15) is 5.75 Å². The highest BCUT2D eigenvalue weighted by atomic mass is 16.5. The first-order chi connectivity index (χ1) is 17.1. The zero-order valence-electron chi connectivity index (χ0n) is 20.1. The second kappa shape index (κ2) is 12.1. The number of aromatic nitrogens is 1. The molecule has 182 valence electrons. The molecule has 4 rings (SSSR count). The molecule has 1 saturated heterocycles. The van der Waals surface area contributed by atoms with Crippen LogP contribution in [0.1, 0.15) is 41.3 Å². The predicted molar refractivity (Wildman–Crippen MR) is 136 cm³/mol. The number of likely N-dealkylation sites (tertiary alicyclic amines) is 1. The van der Waals surface area contributed by atoms with Gasteiger partial charge in [0.2, 0.25) is 5.91 Å². The van der Waals surface area contributed by atoms with Crippen LogP contribution in [0.3, 0.4) is 0 Å². The molecule has 0 unspecified atom stereocenters. The fourth-order valence-electron chi connectivity index (χ4n) is 4.32. The Morgan fingerprint density at radius 1 is 1.03 bits per heavy atom. The first-order valence-corrected chi connectivity index (χ1v) is 12.1. The van der Waals surface area contributed by atoms with Gasteiger partial charge in [-0.15, -0.1) is 0 Å². The van der Waals surface area contributed by atoms with Gasteiger partial charge in [-0.1, -0.05) is 30.3 Å². The van der Waals surface area contributed by atoms with Gasteiger partial charge in [0.25, 0.3) is 5.91 Å². The number of nitrogens with one attached hydrogen (secondary N) is 2. The van der Waals surface area contributed by atoms with Crippen LogP contribution in [0.5, 0.6) is 5.75 Å². The molecule has 1 aliphatic heterocycles. The van der Waals surface area contributed by atoms with Crippen molar-refractivity contribution in [1.29, 1.82) is 0 Å². The minimum absolute atomic E-state index is 0.0319. The largest absolute Gasteiger partial charge is 0.494 e. The molecule has 35 heavy (non-hydrogen) atoms. The van der Waals surface area contributed by atoms with Gasteiger partial charge in [-0.2, -0.15) is 0 Å². The Morgan fingerprint density at radius 3 is 2.60 bits per heavy atom. The molecule has 0 radical (unpaired) electrons. The molecule has 1 aliphatic rings. The number of benzene rings is 2.